The highest BCUT2D eigenvalue weighted by atomic mass is 16.5. The van der Waals surface area contributed by atoms with Gasteiger partial charge in [0.1, 0.15) is 5.76 Å². The Balaban J connectivity index is 0.000000561. The lowest BCUT2D eigenvalue weighted by Crippen LogP contribution is -1.84. The van der Waals surface area contributed by atoms with E-state index < -0.39 is 0 Å². The van der Waals surface area contributed by atoms with Crippen LogP contribution in [-0.4, -0.2) is 6.61 Å². The largest absolute Gasteiger partial charge is 0.493 e. The molecule has 0 aliphatic carbocycles. The van der Waals surface area contributed by atoms with Crippen LogP contribution in [0.2, 0.25) is 0 Å². The first-order chi connectivity index (χ1) is 5.75. The molecule has 0 spiro atoms. The molecule has 0 atom stereocenters. The SMILES string of the molecule is C=C/C(C)=C1/OCCC1=C.CC. The summed E-state index contributed by atoms with van der Waals surface area (Å²) < 4.78 is 5.33. The summed E-state index contributed by atoms with van der Waals surface area (Å²) in [5.74, 6) is 0.940. The summed E-state index contributed by atoms with van der Waals surface area (Å²) in [5.41, 5.74) is 2.18. The molecule has 1 heteroatoms. The van der Waals surface area contributed by atoms with E-state index in [9.17, 15) is 0 Å². The first kappa shape index (κ1) is 11.0. The smallest absolute Gasteiger partial charge is 0.124 e. The number of hydrogen-bond donors (Lipinski definition) is 0. The molecule has 1 aliphatic rings. The first-order valence-corrected chi connectivity index (χ1v) is 4.40. The van der Waals surface area contributed by atoms with Gasteiger partial charge in [-0.3, -0.25) is 0 Å². The van der Waals surface area contributed by atoms with Crippen molar-refractivity contribution in [3.63, 3.8) is 0 Å². The zero-order chi connectivity index (χ0) is 9.56. The lowest BCUT2D eigenvalue weighted by atomic mass is 10.1. The molecule has 1 aliphatic heterocycles. The van der Waals surface area contributed by atoms with Crippen molar-refractivity contribution in [1.29, 1.82) is 0 Å². The molecular weight excluding hydrogens is 148 g/mol. The molecule has 0 aromatic heterocycles. The van der Waals surface area contributed by atoms with Gasteiger partial charge >= 0.3 is 0 Å². The minimum absolute atomic E-state index is 0.777. The van der Waals surface area contributed by atoms with Crippen LogP contribution in [0.3, 0.4) is 0 Å². The average Bonchev–Trinajstić information content (AvgIpc) is 2.54. The zero-order valence-corrected chi connectivity index (χ0v) is 8.31. The van der Waals surface area contributed by atoms with Crippen LogP contribution in [0, 0.1) is 0 Å². The highest BCUT2D eigenvalue weighted by Crippen LogP contribution is 2.24. The minimum atomic E-state index is 0.777. The third-order valence-electron chi connectivity index (χ3n) is 1.64. The van der Waals surface area contributed by atoms with Gasteiger partial charge in [0.15, 0.2) is 0 Å². The number of rotatable bonds is 1. The predicted molar refractivity (Wildman–Crippen MR) is 54.0 cm³/mol. The lowest BCUT2D eigenvalue weighted by molar-refractivity contribution is 0.263. The third-order valence-corrected chi connectivity index (χ3v) is 1.64. The van der Waals surface area contributed by atoms with E-state index >= 15 is 0 Å². The molecule has 0 aromatic carbocycles. The molecule has 1 heterocycles. The molecule has 0 N–H and O–H groups in total. The molecule has 1 fully saturated rings. The lowest BCUT2D eigenvalue weighted by Gasteiger charge is -2.00. The van der Waals surface area contributed by atoms with Crippen LogP contribution in [0.15, 0.2) is 36.1 Å². The Kier molecular flexibility index (Phi) is 5.18. The van der Waals surface area contributed by atoms with Crippen molar-refractivity contribution in [2.24, 2.45) is 0 Å². The van der Waals surface area contributed by atoms with Crippen molar-refractivity contribution < 1.29 is 4.74 Å². The maximum Gasteiger partial charge on any atom is 0.124 e. The Labute approximate surface area is 75.4 Å². The van der Waals surface area contributed by atoms with E-state index in [4.69, 9.17) is 4.74 Å². The number of ether oxygens (including phenoxy) is 1. The van der Waals surface area contributed by atoms with Gasteiger partial charge in [-0.25, -0.2) is 0 Å². The van der Waals surface area contributed by atoms with E-state index in [1.807, 2.05) is 20.8 Å². The Morgan fingerprint density at radius 2 is 2.08 bits per heavy atom. The van der Waals surface area contributed by atoms with Gasteiger partial charge in [-0.1, -0.05) is 33.1 Å². The Hall–Kier alpha value is -0.980. The Bertz CT molecular complexity index is 199. The molecule has 1 rings (SSSR count). The van der Waals surface area contributed by atoms with E-state index in [2.05, 4.69) is 13.2 Å². The van der Waals surface area contributed by atoms with Crippen LogP contribution < -0.4 is 0 Å². The van der Waals surface area contributed by atoms with Gasteiger partial charge < -0.3 is 4.74 Å². The topological polar surface area (TPSA) is 9.23 Å². The number of allylic oxidation sites excluding steroid dienone is 3. The average molecular weight is 166 g/mol. The summed E-state index contributed by atoms with van der Waals surface area (Å²) in [5, 5.41) is 0. The fraction of sp³-hybridized carbons (Fsp3) is 0.455. The van der Waals surface area contributed by atoms with Crippen molar-refractivity contribution in [1.82, 2.24) is 0 Å². The van der Waals surface area contributed by atoms with Crippen molar-refractivity contribution in [3.05, 3.63) is 36.1 Å². The summed E-state index contributed by atoms with van der Waals surface area (Å²) in [4.78, 5) is 0. The standard InChI is InChI=1S/C9H12O.C2H6/c1-4-7(2)9-8(3)5-6-10-9;1-2/h4H,1,3,5-6H2,2H3;1-2H3/b9-7+;. The summed E-state index contributed by atoms with van der Waals surface area (Å²) in [7, 11) is 0. The van der Waals surface area contributed by atoms with Crippen LogP contribution in [0.1, 0.15) is 27.2 Å². The molecule has 0 radical (unpaired) electrons. The molecular formula is C11H18O. The van der Waals surface area contributed by atoms with E-state index in [0.717, 1.165) is 29.9 Å². The minimum Gasteiger partial charge on any atom is -0.493 e. The molecule has 12 heavy (non-hydrogen) atoms. The normalized spacial score (nSPS) is 19.1. The Morgan fingerprint density at radius 1 is 1.50 bits per heavy atom. The van der Waals surface area contributed by atoms with Gasteiger partial charge in [0.05, 0.1) is 6.61 Å². The summed E-state index contributed by atoms with van der Waals surface area (Å²) in [6.45, 7) is 14.3. The number of hydrogen-bond acceptors (Lipinski definition) is 1. The molecule has 68 valence electrons. The molecule has 1 saturated heterocycles. The second-order valence-corrected chi connectivity index (χ2v) is 2.42. The molecule has 1 nitrogen and oxygen atoms in total. The van der Waals surface area contributed by atoms with Gasteiger partial charge in [-0.15, -0.1) is 0 Å². The van der Waals surface area contributed by atoms with Gasteiger partial charge in [0, 0.05) is 6.42 Å². The van der Waals surface area contributed by atoms with Gasteiger partial charge in [0.25, 0.3) is 0 Å². The predicted octanol–water partition coefficient (Wildman–Crippen LogP) is 3.45. The van der Waals surface area contributed by atoms with Gasteiger partial charge in [0.2, 0.25) is 0 Å². The monoisotopic (exact) mass is 166 g/mol. The first-order valence-electron chi connectivity index (χ1n) is 4.40. The van der Waals surface area contributed by atoms with Crippen LogP contribution in [0.25, 0.3) is 0 Å². The van der Waals surface area contributed by atoms with Crippen LogP contribution >= 0.6 is 0 Å². The second kappa shape index (κ2) is 5.64. The molecule has 0 saturated carbocycles. The van der Waals surface area contributed by atoms with E-state index in [1.165, 1.54) is 0 Å². The van der Waals surface area contributed by atoms with Gasteiger partial charge in [-0.2, -0.15) is 0 Å². The maximum absolute atomic E-state index is 5.33. The molecule has 0 aromatic rings. The van der Waals surface area contributed by atoms with Crippen LogP contribution in [-0.2, 0) is 4.74 Å². The fourth-order valence-electron chi connectivity index (χ4n) is 0.977. The van der Waals surface area contributed by atoms with Crippen LogP contribution in [0.5, 0.6) is 0 Å². The molecule has 0 amide bonds. The van der Waals surface area contributed by atoms with E-state index in [1.54, 1.807) is 6.08 Å². The highest BCUT2D eigenvalue weighted by molar-refractivity contribution is 5.34. The Morgan fingerprint density at radius 3 is 2.42 bits per heavy atom. The van der Waals surface area contributed by atoms with E-state index in [0.29, 0.717) is 0 Å². The van der Waals surface area contributed by atoms with Gasteiger partial charge in [-0.05, 0) is 18.1 Å². The summed E-state index contributed by atoms with van der Waals surface area (Å²) in [6.07, 6.45) is 2.76. The molecule has 0 unspecified atom stereocenters. The summed E-state index contributed by atoms with van der Waals surface area (Å²) in [6, 6.07) is 0. The quantitative estimate of drug-likeness (QED) is 0.579. The fourth-order valence-corrected chi connectivity index (χ4v) is 0.977. The maximum atomic E-state index is 5.33. The summed E-state index contributed by atoms with van der Waals surface area (Å²) >= 11 is 0. The van der Waals surface area contributed by atoms with E-state index in [-0.39, 0.29) is 0 Å². The zero-order valence-electron chi connectivity index (χ0n) is 8.31. The second-order valence-electron chi connectivity index (χ2n) is 2.42. The van der Waals surface area contributed by atoms with Crippen molar-refractivity contribution in [2.75, 3.05) is 6.61 Å². The molecule has 0 bridgehead atoms. The van der Waals surface area contributed by atoms with Crippen molar-refractivity contribution >= 4 is 0 Å². The van der Waals surface area contributed by atoms with Crippen molar-refractivity contribution in [3.8, 4) is 0 Å². The van der Waals surface area contributed by atoms with Crippen LogP contribution in [0.4, 0.5) is 0 Å². The highest BCUT2D eigenvalue weighted by Gasteiger charge is 2.13. The third kappa shape index (κ3) is 2.57. The van der Waals surface area contributed by atoms with Crippen molar-refractivity contribution in [2.45, 2.75) is 27.2 Å².